The number of aryl methyl sites for hydroxylation is 2. The highest BCUT2D eigenvalue weighted by Crippen LogP contribution is 2.20. The number of benzene rings is 1. The highest BCUT2D eigenvalue weighted by atomic mass is 19.1. The number of carbonyl (C=O) groups is 1. The van der Waals surface area contributed by atoms with Crippen molar-refractivity contribution in [2.24, 2.45) is 7.05 Å². The first-order chi connectivity index (χ1) is 12.1. The van der Waals surface area contributed by atoms with Gasteiger partial charge in [0.05, 0.1) is 12.3 Å². The van der Waals surface area contributed by atoms with Crippen LogP contribution in [-0.2, 0) is 24.8 Å². The molecule has 2 rings (SSSR count). The van der Waals surface area contributed by atoms with Gasteiger partial charge in [-0.2, -0.15) is 5.10 Å². The second-order valence-electron chi connectivity index (χ2n) is 5.60. The van der Waals surface area contributed by atoms with Gasteiger partial charge in [0.25, 0.3) is 5.91 Å². The number of carbonyl (C=O) groups excluding carboxylic acids is 1. The summed E-state index contributed by atoms with van der Waals surface area (Å²) in [5.41, 5.74) is 1.66. The average Bonchev–Trinajstić information content (AvgIpc) is 2.99. The number of amides is 1. The topological polar surface area (TPSA) is 65.4 Å². The van der Waals surface area contributed by atoms with E-state index in [1.54, 1.807) is 38.4 Å². The molecule has 0 radical (unpaired) electrons. The molecule has 0 bridgehead atoms. The lowest BCUT2D eigenvalue weighted by molar-refractivity contribution is 0.0941. The van der Waals surface area contributed by atoms with Crippen molar-refractivity contribution in [1.82, 2.24) is 15.1 Å². The van der Waals surface area contributed by atoms with E-state index in [0.29, 0.717) is 30.9 Å². The zero-order chi connectivity index (χ0) is 18.2. The van der Waals surface area contributed by atoms with Gasteiger partial charge >= 0.3 is 0 Å². The molecule has 1 amide bonds. The smallest absolute Gasteiger partial charge is 0.269 e. The molecule has 0 spiro atoms. The van der Waals surface area contributed by atoms with Crippen molar-refractivity contribution in [3.63, 3.8) is 0 Å². The molecular formula is C18H24FN3O3. The summed E-state index contributed by atoms with van der Waals surface area (Å²) >= 11 is 0. The SMILES string of the molecule is CCc1cc(C(=O)NCc2cccc(OCCCOC)c2F)n(C)n1. The number of nitrogens with one attached hydrogen (secondary N) is 1. The Morgan fingerprint density at radius 1 is 1.36 bits per heavy atom. The summed E-state index contributed by atoms with van der Waals surface area (Å²) in [6.07, 6.45) is 1.43. The Bertz CT molecular complexity index is 716. The predicted octanol–water partition coefficient (Wildman–Crippen LogP) is 2.47. The fraction of sp³-hybridized carbons (Fsp3) is 0.444. The summed E-state index contributed by atoms with van der Waals surface area (Å²) in [4.78, 5) is 12.3. The van der Waals surface area contributed by atoms with Crippen LogP contribution in [0.2, 0.25) is 0 Å². The molecule has 0 saturated carbocycles. The highest BCUT2D eigenvalue weighted by molar-refractivity contribution is 5.92. The maximum Gasteiger partial charge on any atom is 0.269 e. The minimum Gasteiger partial charge on any atom is -0.490 e. The van der Waals surface area contributed by atoms with Gasteiger partial charge in [0.1, 0.15) is 5.69 Å². The lowest BCUT2D eigenvalue weighted by Crippen LogP contribution is -2.25. The van der Waals surface area contributed by atoms with Crippen LogP contribution < -0.4 is 10.1 Å². The van der Waals surface area contributed by atoms with Crippen LogP contribution >= 0.6 is 0 Å². The van der Waals surface area contributed by atoms with Crippen molar-refractivity contribution in [1.29, 1.82) is 0 Å². The number of halogens is 1. The standard InChI is InChI=1S/C18H24FN3O3/c1-4-14-11-15(22(2)21-14)18(23)20-12-13-7-5-8-16(17(13)19)25-10-6-9-24-3/h5,7-8,11H,4,6,9-10,12H2,1-3H3,(H,20,23). The largest absolute Gasteiger partial charge is 0.490 e. The summed E-state index contributed by atoms with van der Waals surface area (Å²) in [6.45, 7) is 2.97. The fourth-order valence-electron chi connectivity index (χ4n) is 2.37. The van der Waals surface area contributed by atoms with Gasteiger partial charge in [-0.3, -0.25) is 9.48 Å². The molecule has 1 aromatic carbocycles. The van der Waals surface area contributed by atoms with Crippen molar-refractivity contribution in [2.75, 3.05) is 20.3 Å². The lowest BCUT2D eigenvalue weighted by atomic mass is 10.2. The zero-order valence-corrected chi connectivity index (χ0v) is 14.8. The van der Waals surface area contributed by atoms with Gasteiger partial charge in [0.15, 0.2) is 11.6 Å². The van der Waals surface area contributed by atoms with Crippen LogP contribution in [0.15, 0.2) is 24.3 Å². The molecule has 1 N–H and O–H groups in total. The number of hydrogen-bond donors (Lipinski definition) is 1. The summed E-state index contributed by atoms with van der Waals surface area (Å²) in [6, 6.07) is 6.64. The Morgan fingerprint density at radius 2 is 2.16 bits per heavy atom. The summed E-state index contributed by atoms with van der Waals surface area (Å²) in [5.74, 6) is -0.573. The van der Waals surface area contributed by atoms with Gasteiger partial charge in [0, 0.05) is 39.3 Å². The minimum atomic E-state index is -0.459. The molecular weight excluding hydrogens is 325 g/mol. The van der Waals surface area contributed by atoms with E-state index in [1.807, 2.05) is 6.92 Å². The average molecular weight is 349 g/mol. The van der Waals surface area contributed by atoms with E-state index in [9.17, 15) is 9.18 Å². The number of hydrogen-bond acceptors (Lipinski definition) is 4. The van der Waals surface area contributed by atoms with Crippen molar-refractivity contribution in [3.8, 4) is 5.75 Å². The third-order valence-electron chi connectivity index (χ3n) is 3.76. The van der Waals surface area contributed by atoms with Crippen molar-refractivity contribution >= 4 is 5.91 Å². The van der Waals surface area contributed by atoms with Crippen molar-refractivity contribution < 1.29 is 18.7 Å². The van der Waals surface area contributed by atoms with E-state index in [4.69, 9.17) is 9.47 Å². The predicted molar refractivity (Wildman–Crippen MR) is 92.1 cm³/mol. The Hall–Kier alpha value is -2.41. The molecule has 1 aromatic heterocycles. The molecule has 0 aliphatic carbocycles. The molecule has 136 valence electrons. The number of ether oxygens (including phenoxy) is 2. The van der Waals surface area contributed by atoms with E-state index in [0.717, 1.165) is 12.1 Å². The number of methoxy groups -OCH3 is 1. The van der Waals surface area contributed by atoms with Crippen LogP contribution in [0.4, 0.5) is 4.39 Å². The lowest BCUT2D eigenvalue weighted by Gasteiger charge is -2.11. The van der Waals surface area contributed by atoms with Gasteiger partial charge in [-0.05, 0) is 18.6 Å². The minimum absolute atomic E-state index is 0.0760. The van der Waals surface area contributed by atoms with E-state index in [2.05, 4.69) is 10.4 Å². The van der Waals surface area contributed by atoms with Crippen LogP contribution in [0, 0.1) is 5.82 Å². The molecule has 0 fully saturated rings. The van der Waals surface area contributed by atoms with Crippen molar-refractivity contribution in [3.05, 3.63) is 47.0 Å². The quantitative estimate of drug-likeness (QED) is 0.707. The normalized spacial score (nSPS) is 10.7. The summed E-state index contributed by atoms with van der Waals surface area (Å²) < 4.78 is 26.3. The van der Waals surface area contributed by atoms with Gasteiger partial charge < -0.3 is 14.8 Å². The Morgan fingerprint density at radius 3 is 2.84 bits per heavy atom. The molecule has 7 heteroatoms. The number of nitrogens with zero attached hydrogens (tertiary/aromatic N) is 2. The monoisotopic (exact) mass is 349 g/mol. The second-order valence-corrected chi connectivity index (χ2v) is 5.60. The van der Waals surface area contributed by atoms with Gasteiger partial charge in [-0.1, -0.05) is 19.1 Å². The van der Waals surface area contributed by atoms with E-state index < -0.39 is 5.82 Å². The summed E-state index contributed by atoms with van der Waals surface area (Å²) in [7, 11) is 3.32. The van der Waals surface area contributed by atoms with Gasteiger partial charge in [-0.25, -0.2) is 4.39 Å². The molecule has 0 atom stereocenters. The van der Waals surface area contributed by atoms with Crippen LogP contribution in [0.25, 0.3) is 0 Å². The Labute approximate surface area is 146 Å². The van der Waals surface area contributed by atoms with Crippen LogP contribution in [0.1, 0.15) is 35.1 Å². The van der Waals surface area contributed by atoms with Crippen LogP contribution in [0.3, 0.4) is 0 Å². The van der Waals surface area contributed by atoms with E-state index in [-0.39, 0.29) is 18.2 Å². The van der Waals surface area contributed by atoms with Crippen molar-refractivity contribution in [2.45, 2.75) is 26.3 Å². The molecule has 0 aliphatic heterocycles. The molecule has 0 unspecified atom stereocenters. The molecule has 25 heavy (non-hydrogen) atoms. The number of rotatable bonds is 9. The third-order valence-corrected chi connectivity index (χ3v) is 3.76. The van der Waals surface area contributed by atoms with Gasteiger partial charge in [0.2, 0.25) is 0 Å². The van der Waals surface area contributed by atoms with Gasteiger partial charge in [-0.15, -0.1) is 0 Å². The Balaban J connectivity index is 1.98. The number of aromatic nitrogens is 2. The highest BCUT2D eigenvalue weighted by Gasteiger charge is 2.14. The van der Waals surface area contributed by atoms with E-state index in [1.165, 1.54) is 4.68 Å². The zero-order valence-electron chi connectivity index (χ0n) is 14.8. The molecule has 0 saturated heterocycles. The molecule has 1 heterocycles. The second kappa shape index (κ2) is 9.17. The fourth-order valence-corrected chi connectivity index (χ4v) is 2.37. The molecule has 6 nitrogen and oxygen atoms in total. The molecule has 0 aliphatic rings. The maximum absolute atomic E-state index is 14.4. The third kappa shape index (κ3) is 5.03. The van der Waals surface area contributed by atoms with E-state index >= 15 is 0 Å². The molecule has 2 aromatic rings. The maximum atomic E-state index is 14.4. The van der Waals surface area contributed by atoms with Crippen LogP contribution in [-0.4, -0.2) is 36.0 Å². The Kier molecular flexibility index (Phi) is 6.94. The summed E-state index contributed by atoms with van der Waals surface area (Å²) in [5, 5.41) is 6.96. The first-order valence-electron chi connectivity index (χ1n) is 8.27. The van der Waals surface area contributed by atoms with Crippen LogP contribution in [0.5, 0.6) is 5.75 Å². The first kappa shape index (κ1) is 18.9. The first-order valence-corrected chi connectivity index (χ1v) is 8.27.